The molecule has 0 aromatic rings. The third-order valence-electron chi connectivity index (χ3n) is 1.77. The van der Waals surface area contributed by atoms with E-state index in [-0.39, 0.29) is 0 Å². The quantitative estimate of drug-likeness (QED) is 0.562. The number of nitrogens with one attached hydrogen (secondary N) is 2. The summed E-state index contributed by atoms with van der Waals surface area (Å²) < 4.78 is 0. The molecule has 2 heterocycles. The predicted octanol–water partition coefficient (Wildman–Crippen LogP) is -0.530. The molecule has 1 unspecified atom stereocenters. The van der Waals surface area contributed by atoms with E-state index in [1.807, 2.05) is 0 Å². The number of hydrogen-bond acceptors (Lipinski definition) is 5. The van der Waals surface area contributed by atoms with Crippen LogP contribution in [0.5, 0.6) is 0 Å². The maximum Gasteiger partial charge on any atom is 0.469 e. The zero-order valence-electron chi connectivity index (χ0n) is 6.08. The van der Waals surface area contributed by atoms with Gasteiger partial charge in [0.25, 0.3) is 0 Å². The van der Waals surface area contributed by atoms with Gasteiger partial charge in [-0.25, -0.2) is 0 Å². The Labute approximate surface area is 64.5 Å². The summed E-state index contributed by atoms with van der Waals surface area (Å²) in [5.41, 5.74) is 0. The van der Waals surface area contributed by atoms with Gasteiger partial charge < -0.3 is 10.6 Å². The SMILES string of the molecule is C1=C(NC2CCNC2)O[N+]=N1. The molecule has 5 nitrogen and oxygen atoms in total. The molecule has 11 heavy (non-hydrogen) atoms. The van der Waals surface area contributed by atoms with Crippen LogP contribution >= 0.6 is 0 Å². The van der Waals surface area contributed by atoms with Gasteiger partial charge in [0, 0.05) is 12.6 Å². The van der Waals surface area contributed by atoms with Gasteiger partial charge in [-0.05, 0) is 13.0 Å². The molecule has 0 spiro atoms. The molecule has 1 atom stereocenters. The average Bonchev–Trinajstić information content (AvgIpc) is 2.60. The van der Waals surface area contributed by atoms with Gasteiger partial charge in [-0.2, -0.15) is 0 Å². The molecule has 0 aromatic heterocycles. The van der Waals surface area contributed by atoms with Crippen molar-refractivity contribution in [3.05, 3.63) is 12.1 Å². The molecule has 0 aliphatic carbocycles. The third kappa shape index (κ3) is 1.48. The van der Waals surface area contributed by atoms with E-state index in [1.165, 1.54) is 0 Å². The van der Waals surface area contributed by atoms with Gasteiger partial charge in [-0.3, -0.25) is 0 Å². The molecule has 2 N–H and O–H groups in total. The van der Waals surface area contributed by atoms with Gasteiger partial charge in [0.05, 0.1) is 0 Å². The molecule has 2 aliphatic rings. The molecule has 0 aromatic carbocycles. The minimum absolute atomic E-state index is 0.463. The normalized spacial score (nSPS) is 28.4. The summed E-state index contributed by atoms with van der Waals surface area (Å²) >= 11 is 0. The first-order chi connectivity index (χ1) is 5.45. The van der Waals surface area contributed by atoms with Gasteiger partial charge >= 0.3 is 11.2 Å². The van der Waals surface area contributed by atoms with Crippen molar-refractivity contribution in [1.82, 2.24) is 15.9 Å². The number of hydrogen-bond donors (Lipinski definition) is 2. The summed E-state index contributed by atoms with van der Waals surface area (Å²) in [5, 5.41) is 13.3. The summed E-state index contributed by atoms with van der Waals surface area (Å²) in [6.45, 7) is 2.06. The van der Waals surface area contributed by atoms with Crippen molar-refractivity contribution >= 4 is 0 Å². The molecule has 5 heteroatoms. The van der Waals surface area contributed by atoms with Gasteiger partial charge in [0.2, 0.25) is 0 Å². The summed E-state index contributed by atoms with van der Waals surface area (Å²) in [5.74, 6) is 0.652. The number of nitrogens with zero attached hydrogens (tertiary/aromatic N) is 2. The molecule has 1 fully saturated rings. The van der Waals surface area contributed by atoms with Crippen LogP contribution in [0.25, 0.3) is 0 Å². The maximum atomic E-state index is 4.80. The molecular formula is C6H10N4O+. The zero-order valence-corrected chi connectivity index (χ0v) is 6.08. The lowest BCUT2D eigenvalue weighted by Crippen LogP contribution is -2.30. The molecule has 0 amide bonds. The molecule has 59 valence electrons. The second-order valence-corrected chi connectivity index (χ2v) is 2.62. The first kappa shape index (κ1) is 6.60. The summed E-state index contributed by atoms with van der Waals surface area (Å²) in [7, 11) is 0. The van der Waals surface area contributed by atoms with E-state index in [2.05, 4.69) is 21.0 Å². The van der Waals surface area contributed by atoms with E-state index in [4.69, 9.17) is 4.84 Å². The predicted molar refractivity (Wildman–Crippen MR) is 38.1 cm³/mol. The lowest BCUT2D eigenvalue weighted by Gasteiger charge is -2.07. The Morgan fingerprint density at radius 1 is 1.82 bits per heavy atom. The van der Waals surface area contributed by atoms with E-state index < -0.39 is 0 Å². The highest BCUT2D eigenvalue weighted by Gasteiger charge is 2.21. The highest BCUT2D eigenvalue weighted by atomic mass is 16.7. The fourth-order valence-corrected chi connectivity index (χ4v) is 1.21. The largest absolute Gasteiger partial charge is 0.469 e. The van der Waals surface area contributed by atoms with Crippen molar-refractivity contribution in [1.29, 1.82) is 0 Å². The first-order valence-electron chi connectivity index (χ1n) is 3.70. The summed E-state index contributed by atoms with van der Waals surface area (Å²) in [6, 6.07) is 0.463. The van der Waals surface area contributed by atoms with Crippen LogP contribution in [0, 0.1) is 0 Å². The Balaban J connectivity index is 1.81. The lowest BCUT2D eigenvalue weighted by molar-refractivity contribution is 0.144. The van der Waals surface area contributed by atoms with Crippen LogP contribution in [-0.2, 0) is 4.84 Å². The molecule has 2 aliphatic heterocycles. The summed E-state index contributed by atoms with van der Waals surface area (Å²) in [4.78, 5) is 4.80. The van der Waals surface area contributed by atoms with E-state index in [0.717, 1.165) is 19.5 Å². The molecule has 1 saturated heterocycles. The first-order valence-corrected chi connectivity index (χ1v) is 3.70. The highest BCUT2D eigenvalue weighted by Crippen LogP contribution is 2.03. The van der Waals surface area contributed by atoms with Gasteiger partial charge in [0.1, 0.15) is 5.11 Å². The average molecular weight is 154 g/mol. The topological polar surface area (TPSA) is 59.8 Å². The van der Waals surface area contributed by atoms with E-state index in [9.17, 15) is 0 Å². The second-order valence-electron chi connectivity index (χ2n) is 2.62. The zero-order chi connectivity index (χ0) is 7.52. The van der Waals surface area contributed by atoms with Crippen molar-refractivity contribution in [2.45, 2.75) is 12.5 Å². The Morgan fingerprint density at radius 3 is 3.45 bits per heavy atom. The smallest absolute Gasteiger partial charge is 0.345 e. The molecule has 0 bridgehead atoms. The minimum atomic E-state index is 0.463. The fraction of sp³-hybridized carbons (Fsp3) is 0.667. The van der Waals surface area contributed by atoms with Crippen molar-refractivity contribution in [3.8, 4) is 0 Å². The van der Waals surface area contributed by atoms with E-state index in [0.29, 0.717) is 11.9 Å². The Kier molecular flexibility index (Phi) is 1.72. The van der Waals surface area contributed by atoms with Crippen molar-refractivity contribution in [2.75, 3.05) is 13.1 Å². The van der Waals surface area contributed by atoms with Gasteiger partial charge in [-0.1, -0.05) is 0 Å². The van der Waals surface area contributed by atoms with Crippen LogP contribution in [-0.4, -0.2) is 19.1 Å². The van der Waals surface area contributed by atoms with Crippen molar-refractivity contribution < 1.29 is 4.84 Å². The van der Waals surface area contributed by atoms with Crippen LogP contribution in [0.4, 0.5) is 0 Å². The fourth-order valence-electron chi connectivity index (χ4n) is 1.21. The third-order valence-corrected chi connectivity index (χ3v) is 1.77. The van der Waals surface area contributed by atoms with Crippen molar-refractivity contribution in [2.24, 2.45) is 5.11 Å². The Bertz CT molecular complexity index is 195. The van der Waals surface area contributed by atoms with Crippen LogP contribution < -0.4 is 15.9 Å². The van der Waals surface area contributed by atoms with Crippen LogP contribution in [0.1, 0.15) is 6.42 Å². The Hall–Kier alpha value is -1.10. The molecular weight excluding hydrogens is 144 g/mol. The van der Waals surface area contributed by atoms with Crippen LogP contribution in [0.2, 0.25) is 0 Å². The minimum Gasteiger partial charge on any atom is -0.345 e. The molecule has 0 saturated carbocycles. The number of rotatable bonds is 2. The van der Waals surface area contributed by atoms with Crippen molar-refractivity contribution in [3.63, 3.8) is 0 Å². The Morgan fingerprint density at radius 2 is 2.82 bits per heavy atom. The molecule has 1 radical (unpaired) electrons. The van der Waals surface area contributed by atoms with E-state index in [1.54, 1.807) is 6.20 Å². The van der Waals surface area contributed by atoms with Crippen LogP contribution in [0.3, 0.4) is 0 Å². The van der Waals surface area contributed by atoms with Crippen LogP contribution in [0.15, 0.2) is 17.2 Å². The highest BCUT2D eigenvalue weighted by molar-refractivity contribution is 4.94. The molecule has 2 rings (SSSR count). The monoisotopic (exact) mass is 154 g/mol. The second kappa shape index (κ2) is 2.87. The van der Waals surface area contributed by atoms with Gasteiger partial charge in [-0.15, -0.1) is 4.84 Å². The van der Waals surface area contributed by atoms with E-state index >= 15 is 0 Å². The van der Waals surface area contributed by atoms with Gasteiger partial charge in [0.15, 0.2) is 6.20 Å². The lowest BCUT2D eigenvalue weighted by atomic mass is 10.3. The standard InChI is InChI=1S/C6H10N4O/c1-2-7-3-5(1)9-6-4-8-10-11-6/h4-5,7,9H,1-3H2/q+1. The summed E-state index contributed by atoms with van der Waals surface area (Å²) in [6.07, 6.45) is 2.71. The maximum absolute atomic E-state index is 4.80.